The zero-order valence-corrected chi connectivity index (χ0v) is 12.8. The molecule has 1 amide bonds. The van der Waals surface area contributed by atoms with Crippen LogP contribution in [0.5, 0.6) is 0 Å². The van der Waals surface area contributed by atoms with Gasteiger partial charge in [0.25, 0.3) is 5.91 Å². The number of hydrogen-bond acceptors (Lipinski definition) is 5. The minimum Gasteiger partial charge on any atom is -0.464 e. The molecule has 1 aliphatic rings. The summed E-state index contributed by atoms with van der Waals surface area (Å²) in [6.45, 7) is 2.83. The average molecular weight is 311 g/mol. The smallest absolute Gasteiger partial charge is 0.272 e. The molecule has 0 aliphatic carbocycles. The first kappa shape index (κ1) is 13.8. The first-order chi connectivity index (χ1) is 11.2. The second-order valence-corrected chi connectivity index (χ2v) is 5.64. The summed E-state index contributed by atoms with van der Waals surface area (Å²) < 4.78 is 7.18. The Hall–Kier alpha value is -2.83. The molecule has 0 bridgehead atoms. The van der Waals surface area contributed by atoms with Gasteiger partial charge >= 0.3 is 0 Å². The Morgan fingerprint density at radius 1 is 1.22 bits per heavy atom. The van der Waals surface area contributed by atoms with Crippen LogP contribution in [0.15, 0.2) is 41.5 Å². The molecule has 7 nitrogen and oxygen atoms in total. The van der Waals surface area contributed by atoms with Gasteiger partial charge in [-0.1, -0.05) is 0 Å². The quantitative estimate of drug-likeness (QED) is 0.718. The van der Waals surface area contributed by atoms with E-state index in [1.54, 1.807) is 29.6 Å². The van der Waals surface area contributed by atoms with E-state index in [0.717, 1.165) is 29.9 Å². The molecule has 3 aromatic rings. The highest BCUT2D eigenvalue weighted by Crippen LogP contribution is 2.26. The maximum absolute atomic E-state index is 12.5. The van der Waals surface area contributed by atoms with Gasteiger partial charge in [0.15, 0.2) is 0 Å². The third-order valence-corrected chi connectivity index (χ3v) is 4.26. The van der Waals surface area contributed by atoms with E-state index in [4.69, 9.17) is 4.42 Å². The molecule has 0 N–H and O–H groups in total. The summed E-state index contributed by atoms with van der Waals surface area (Å²) in [5.41, 5.74) is 1.46. The van der Waals surface area contributed by atoms with Crippen molar-refractivity contribution in [2.75, 3.05) is 31.1 Å². The van der Waals surface area contributed by atoms with Gasteiger partial charge in [-0.25, -0.2) is 9.97 Å². The van der Waals surface area contributed by atoms with E-state index in [1.807, 2.05) is 24.1 Å². The SMILES string of the molecule is Cn1cncc1C(=O)N1CCN(c2nccc3occc23)CC1. The Balaban J connectivity index is 1.50. The van der Waals surface area contributed by atoms with E-state index < -0.39 is 0 Å². The molecule has 1 saturated heterocycles. The third kappa shape index (κ3) is 2.34. The van der Waals surface area contributed by atoms with E-state index in [-0.39, 0.29) is 5.91 Å². The fourth-order valence-electron chi connectivity index (χ4n) is 2.98. The fourth-order valence-corrected chi connectivity index (χ4v) is 2.98. The number of nitrogens with zero attached hydrogens (tertiary/aromatic N) is 5. The first-order valence-corrected chi connectivity index (χ1v) is 7.57. The topological polar surface area (TPSA) is 67.4 Å². The third-order valence-electron chi connectivity index (χ3n) is 4.26. The van der Waals surface area contributed by atoms with Crippen LogP contribution in [0.3, 0.4) is 0 Å². The zero-order chi connectivity index (χ0) is 15.8. The molecule has 0 radical (unpaired) electrons. The maximum Gasteiger partial charge on any atom is 0.272 e. The summed E-state index contributed by atoms with van der Waals surface area (Å²) in [6, 6.07) is 3.80. The summed E-state index contributed by atoms with van der Waals surface area (Å²) in [7, 11) is 1.83. The number of fused-ring (bicyclic) bond motifs is 1. The van der Waals surface area contributed by atoms with Gasteiger partial charge in [-0.05, 0) is 12.1 Å². The Morgan fingerprint density at radius 2 is 2.04 bits per heavy atom. The van der Waals surface area contributed by atoms with Crippen molar-refractivity contribution in [3.05, 3.63) is 42.8 Å². The van der Waals surface area contributed by atoms with Crippen molar-refractivity contribution in [1.29, 1.82) is 0 Å². The van der Waals surface area contributed by atoms with Crippen molar-refractivity contribution in [3.8, 4) is 0 Å². The highest BCUT2D eigenvalue weighted by atomic mass is 16.3. The van der Waals surface area contributed by atoms with E-state index in [1.165, 1.54) is 0 Å². The van der Waals surface area contributed by atoms with Crippen LogP contribution in [-0.4, -0.2) is 51.5 Å². The number of hydrogen-bond donors (Lipinski definition) is 0. The Bertz CT molecular complexity index is 845. The van der Waals surface area contributed by atoms with Gasteiger partial charge in [0.05, 0.1) is 24.2 Å². The summed E-state index contributed by atoms with van der Waals surface area (Å²) >= 11 is 0. The number of aryl methyl sites for hydroxylation is 1. The molecule has 4 rings (SSSR count). The molecule has 0 spiro atoms. The lowest BCUT2D eigenvalue weighted by Gasteiger charge is -2.35. The number of aromatic nitrogens is 3. The van der Waals surface area contributed by atoms with Crippen molar-refractivity contribution in [1.82, 2.24) is 19.4 Å². The van der Waals surface area contributed by atoms with Gasteiger partial charge in [-0.3, -0.25) is 4.79 Å². The normalized spacial score (nSPS) is 15.3. The number of carbonyl (C=O) groups excluding carboxylic acids is 1. The van der Waals surface area contributed by atoms with Gasteiger partial charge in [-0.2, -0.15) is 0 Å². The number of imidazole rings is 1. The van der Waals surface area contributed by atoms with Gasteiger partial charge in [-0.15, -0.1) is 0 Å². The lowest BCUT2D eigenvalue weighted by Crippen LogP contribution is -2.49. The van der Waals surface area contributed by atoms with E-state index in [0.29, 0.717) is 18.8 Å². The molecule has 1 aliphatic heterocycles. The molecular weight excluding hydrogens is 294 g/mol. The molecule has 0 unspecified atom stereocenters. The fraction of sp³-hybridized carbons (Fsp3) is 0.312. The summed E-state index contributed by atoms with van der Waals surface area (Å²) in [5.74, 6) is 0.947. The van der Waals surface area contributed by atoms with Gasteiger partial charge in [0.2, 0.25) is 0 Å². The van der Waals surface area contributed by atoms with Crippen LogP contribution < -0.4 is 4.90 Å². The highest BCUT2D eigenvalue weighted by Gasteiger charge is 2.25. The summed E-state index contributed by atoms with van der Waals surface area (Å²) in [5, 5.41) is 1.01. The lowest BCUT2D eigenvalue weighted by atomic mass is 10.2. The molecule has 23 heavy (non-hydrogen) atoms. The number of rotatable bonds is 2. The molecule has 4 heterocycles. The van der Waals surface area contributed by atoms with Crippen molar-refractivity contribution in [2.24, 2.45) is 7.05 Å². The van der Waals surface area contributed by atoms with Crippen LogP contribution in [0.25, 0.3) is 11.0 Å². The molecule has 3 aromatic heterocycles. The number of anilines is 1. The van der Waals surface area contributed by atoms with Crippen molar-refractivity contribution < 1.29 is 9.21 Å². The first-order valence-electron chi connectivity index (χ1n) is 7.57. The molecule has 0 saturated carbocycles. The second kappa shape index (κ2) is 5.42. The standard InChI is InChI=1S/C16H17N5O2/c1-19-11-17-10-13(19)16(22)21-7-5-20(6-8-21)15-12-3-9-23-14(12)2-4-18-15/h2-4,9-11H,5-8H2,1H3. The van der Waals surface area contributed by atoms with Crippen molar-refractivity contribution in [3.63, 3.8) is 0 Å². The van der Waals surface area contributed by atoms with Crippen LogP contribution in [0.2, 0.25) is 0 Å². The number of pyridine rings is 1. The largest absolute Gasteiger partial charge is 0.464 e. The average Bonchev–Trinajstić information content (AvgIpc) is 3.22. The minimum atomic E-state index is 0.0270. The summed E-state index contributed by atoms with van der Waals surface area (Å²) in [4.78, 5) is 25.1. The molecule has 118 valence electrons. The Kier molecular flexibility index (Phi) is 3.25. The maximum atomic E-state index is 12.5. The van der Waals surface area contributed by atoms with Crippen LogP contribution in [0.1, 0.15) is 10.5 Å². The Morgan fingerprint density at radius 3 is 2.78 bits per heavy atom. The Labute approximate surface area is 133 Å². The number of piperazine rings is 1. The molecular formula is C16H17N5O2. The van der Waals surface area contributed by atoms with Gasteiger partial charge in [0.1, 0.15) is 17.1 Å². The van der Waals surface area contributed by atoms with Gasteiger partial charge < -0.3 is 18.8 Å². The molecule has 0 aromatic carbocycles. The van der Waals surface area contributed by atoms with Crippen LogP contribution in [0.4, 0.5) is 5.82 Å². The van der Waals surface area contributed by atoms with Crippen LogP contribution >= 0.6 is 0 Å². The van der Waals surface area contributed by atoms with Crippen molar-refractivity contribution in [2.45, 2.75) is 0 Å². The van der Waals surface area contributed by atoms with Crippen LogP contribution in [0, 0.1) is 0 Å². The monoisotopic (exact) mass is 311 g/mol. The number of amides is 1. The molecule has 7 heteroatoms. The molecule has 1 fully saturated rings. The lowest BCUT2D eigenvalue weighted by molar-refractivity contribution is 0.0737. The van der Waals surface area contributed by atoms with E-state index in [9.17, 15) is 4.79 Å². The van der Waals surface area contributed by atoms with Crippen molar-refractivity contribution >= 4 is 22.7 Å². The number of furan rings is 1. The van der Waals surface area contributed by atoms with E-state index in [2.05, 4.69) is 14.9 Å². The summed E-state index contributed by atoms with van der Waals surface area (Å²) in [6.07, 6.45) is 6.70. The predicted octanol–water partition coefficient (Wildman–Crippen LogP) is 1.52. The van der Waals surface area contributed by atoms with Gasteiger partial charge in [0, 0.05) is 39.4 Å². The van der Waals surface area contributed by atoms with E-state index >= 15 is 0 Å². The molecule has 0 atom stereocenters. The minimum absolute atomic E-state index is 0.0270. The second-order valence-electron chi connectivity index (χ2n) is 5.64. The van der Waals surface area contributed by atoms with Crippen LogP contribution in [-0.2, 0) is 7.05 Å². The number of carbonyl (C=O) groups is 1. The zero-order valence-electron chi connectivity index (χ0n) is 12.8. The highest BCUT2D eigenvalue weighted by molar-refractivity contribution is 5.93. The predicted molar refractivity (Wildman–Crippen MR) is 85.3 cm³/mol.